The van der Waals surface area contributed by atoms with Gasteiger partial charge >= 0.3 is 5.97 Å². The Hall–Kier alpha value is -2.06. The molecule has 0 bridgehead atoms. The van der Waals surface area contributed by atoms with Crippen LogP contribution >= 0.6 is 23.2 Å². The zero-order valence-electron chi connectivity index (χ0n) is 11.4. The summed E-state index contributed by atoms with van der Waals surface area (Å²) in [6, 6.07) is 2.17. The lowest BCUT2D eigenvalue weighted by Crippen LogP contribution is -2.08. The molecule has 0 saturated carbocycles. The van der Waals surface area contributed by atoms with Crippen LogP contribution in [0.3, 0.4) is 0 Å². The van der Waals surface area contributed by atoms with Gasteiger partial charge in [-0.15, -0.1) is 0 Å². The van der Waals surface area contributed by atoms with Crippen LogP contribution in [0.4, 0.5) is 19.0 Å². The number of alkyl halides is 2. The Balaban J connectivity index is 2.65. The van der Waals surface area contributed by atoms with Gasteiger partial charge in [0.2, 0.25) is 5.88 Å². The lowest BCUT2D eigenvalue weighted by molar-refractivity contribution is -0.132. The molecule has 0 fully saturated rings. The number of hydrogen-bond donors (Lipinski definition) is 1. The van der Waals surface area contributed by atoms with Gasteiger partial charge in [0.15, 0.2) is 5.82 Å². The first-order valence-electron chi connectivity index (χ1n) is 6.00. The van der Waals surface area contributed by atoms with E-state index in [1.807, 2.05) is 0 Å². The molecule has 0 aliphatic rings. The topological polar surface area (TPSA) is 78.1 Å². The molecule has 10 heteroatoms. The quantitative estimate of drug-likeness (QED) is 0.830. The van der Waals surface area contributed by atoms with E-state index in [2.05, 4.69) is 9.97 Å². The summed E-state index contributed by atoms with van der Waals surface area (Å²) < 4.78 is 44.8. The minimum Gasteiger partial charge on any atom is -0.406 e. The van der Waals surface area contributed by atoms with Gasteiger partial charge < -0.3 is 10.5 Å². The second kappa shape index (κ2) is 6.59. The van der Waals surface area contributed by atoms with E-state index in [4.69, 9.17) is 33.7 Å². The Labute approximate surface area is 138 Å². The van der Waals surface area contributed by atoms with Gasteiger partial charge in [-0.2, -0.15) is 4.98 Å². The maximum absolute atomic E-state index is 14.3. The van der Waals surface area contributed by atoms with Gasteiger partial charge in [-0.1, -0.05) is 23.2 Å². The molecule has 2 N–H and O–H groups in total. The third-order valence-electron chi connectivity index (χ3n) is 2.67. The number of carbonyl (C=O) groups excluding carboxylic acids is 1. The standard InChI is InChI=1S/C13H8Cl2F3N3O2/c1-4(22)23-13-8(15)11(19)20-12(21-13)5-2-3-6(14)7(9(5)16)10(17)18/h2-3,10H,1H3,(H2,19,20,21). The molecule has 2 aromatic rings. The number of nitrogens with zero attached hydrogens (tertiary/aromatic N) is 2. The summed E-state index contributed by atoms with van der Waals surface area (Å²) in [5, 5.41) is -0.698. The summed E-state index contributed by atoms with van der Waals surface area (Å²) in [7, 11) is 0. The number of ether oxygens (including phenoxy) is 1. The van der Waals surface area contributed by atoms with E-state index in [1.54, 1.807) is 0 Å². The fourth-order valence-corrected chi connectivity index (χ4v) is 2.06. The number of aromatic nitrogens is 2. The zero-order valence-corrected chi connectivity index (χ0v) is 12.9. The molecule has 1 aromatic heterocycles. The predicted molar refractivity (Wildman–Crippen MR) is 78.1 cm³/mol. The number of nitrogen functional groups attached to an aromatic ring is 1. The van der Waals surface area contributed by atoms with Crippen molar-refractivity contribution in [3.63, 3.8) is 0 Å². The fourth-order valence-electron chi connectivity index (χ4n) is 1.71. The third-order valence-corrected chi connectivity index (χ3v) is 3.36. The highest BCUT2D eigenvalue weighted by molar-refractivity contribution is 6.34. The van der Waals surface area contributed by atoms with Crippen molar-refractivity contribution >= 4 is 35.0 Å². The Bertz CT molecular complexity index is 788. The lowest BCUT2D eigenvalue weighted by Gasteiger charge is -2.11. The molecule has 5 nitrogen and oxygen atoms in total. The monoisotopic (exact) mass is 365 g/mol. The largest absolute Gasteiger partial charge is 0.406 e. The van der Waals surface area contributed by atoms with Crippen LogP contribution in [0, 0.1) is 5.82 Å². The number of carbonyl (C=O) groups is 1. The third kappa shape index (κ3) is 3.48. The smallest absolute Gasteiger partial charge is 0.309 e. The minimum absolute atomic E-state index is 0.257. The van der Waals surface area contributed by atoms with E-state index in [9.17, 15) is 18.0 Å². The Morgan fingerprint density at radius 2 is 1.96 bits per heavy atom. The van der Waals surface area contributed by atoms with E-state index >= 15 is 0 Å². The fraction of sp³-hybridized carbons (Fsp3) is 0.154. The van der Waals surface area contributed by atoms with Crippen LogP contribution in [-0.2, 0) is 4.79 Å². The summed E-state index contributed by atoms with van der Waals surface area (Å²) in [6.45, 7) is 1.09. The molecular weight excluding hydrogens is 358 g/mol. The Kier molecular flexibility index (Phi) is 4.96. The molecule has 0 aliphatic heterocycles. The summed E-state index contributed by atoms with van der Waals surface area (Å²) in [5.41, 5.74) is 4.16. The molecule has 0 radical (unpaired) electrons. The molecule has 2 rings (SSSR count). The number of nitrogens with two attached hydrogens (primary N) is 1. The number of benzene rings is 1. The van der Waals surface area contributed by atoms with Crippen LogP contribution in [0.5, 0.6) is 5.88 Å². The second-order valence-corrected chi connectivity index (χ2v) is 5.05. The normalized spacial score (nSPS) is 10.9. The van der Waals surface area contributed by atoms with Crippen molar-refractivity contribution < 1.29 is 22.7 Å². The predicted octanol–water partition coefficient (Wildman–Crippen LogP) is 4.03. The number of anilines is 1. The van der Waals surface area contributed by atoms with E-state index in [1.165, 1.54) is 0 Å². The molecule has 0 amide bonds. The van der Waals surface area contributed by atoms with Crippen LogP contribution in [0.15, 0.2) is 12.1 Å². The first-order valence-corrected chi connectivity index (χ1v) is 6.75. The molecule has 0 atom stereocenters. The summed E-state index contributed by atoms with van der Waals surface area (Å²) in [6.07, 6.45) is -3.14. The molecule has 1 heterocycles. The van der Waals surface area contributed by atoms with Crippen LogP contribution in [0.25, 0.3) is 11.4 Å². The van der Waals surface area contributed by atoms with Crippen LogP contribution in [0.1, 0.15) is 18.9 Å². The van der Waals surface area contributed by atoms with Crippen molar-refractivity contribution in [2.24, 2.45) is 0 Å². The molecular formula is C13H8Cl2F3N3O2. The van der Waals surface area contributed by atoms with Crippen molar-refractivity contribution in [1.29, 1.82) is 0 Å². The van der Waals surface area contributed by atoms with E-state index in [0.29, 0.717) is 0 Å². The maximum atomic E-state index is 14.3. The van der Waals surface area contributed by atoms with Gasteiger partial charge in [0.05, 0.1) is 16.1 Å². The average Bonchev–Trinajstić information content (AvgIpc) is 2.43. The van der Waals surface area contributed by atoms with Crippen molar-refractivity contribution in [3.05, 3.63) is 33.6 Å². The molecule has 0 unspecified atom stereocenters. The zero-order chi connectivity index (χ0) is 17.3. The van der Waals surface area contributed by atoms with Crippen molar-refractivity contribution in [2.45, 2.75) is 13.3 Å². The van der Waals surface area contributed by atoms with Crippen molar-refractivity contribution in [2.75, 3.05) is 5.73 Å². The summed E-state index contributed by atoms with van der Waals surface area (Å²) in [4.78, 5) is 18.5. The van der Waals surface area contributed by atoms with Crippen LogP contribution in [-0.4, -0.2) is 15.9 Å². The molecule has 0 spiro atoms. The second-order valence-electron chi connectivity index (χ2n) is 4.27. The van der Waals surface area contributed by atoms with Crippen molar-refractivity contribution in [1.82, 2.24) is 9.97 Å². The number of rotatable bonds is 3. The highest BCUT2D eigenvalue weighted by Gasteiger charge is 2.24. The van der Waals surface area contributed by atoms with E-state index in [0.717, 1.165) is 19.1 Å². The summed E-state index contributed by atoms with van der Waals surface area (Å²) in [5.74, 6) is -3.14. The van der Waals surface area contributed by atoms with Crippen LogP contribution < -0.4 is 10.5 Å². The number of esters is 1. The summed E-state index contributed by atoms with van der Waals surface area (Å²) >= 11 is 11.3. The average molecular weight is 366 g/mol. The van der Waals surface area contributed by atoms with Gasteiger partial charge in [-0.25, -0.2) is 18.2 Å². The molecule has 23 heavy (non-hydrogen) atoms. The van der Waals surface area contributed by atoms with E-state index in [-0.39, 0.29) is 22.2 Å². The highest BCUT2D eigenvalue weighted by Crippen LogP contribution is 2.36. The molecule has 122 valence electrons. The van der Waals surface area contributed by atoms with Crippen LogP contribution in [0.2, 0.25) is 10.0 Å². The Morgan fingerprint density at radius 1 is 1.30 bits per heavy atom. The minimum atomic E-state index is -3.14. The van der Waals surface area contributed by atoms with Gasteiger partial charge in [-0.3, -0.25) is 4.79 Å². The first kappa shape index (κ1) is 17.3. The highest BCUT2D eigenvalue weighted by atomic mass is 35.5. The first-order chi connectivity index (χ1) is 10.7. The molecule has 0 aliphatic carbocycles. The number of hydrogen-bond acceptors (Lipinski definition) is 5. The maximum Gasteiger partial charge on any atom is 0.309 e. The van der Waals surface area contributed by atoms with Gasteiger partial charge in [-0.05, 0) is 12.1 Å². The van der Waals surface area contributed by atoms with Crippen molar-refractivity contribution in [3.8, 4) is 17.3 Å². The Morgan fingerprint density at radius 3 is 2.52 bits per heavy atom. The number of halogens is 5. The van der Waals surface area contributed by atoms with Gasteiger partial charge in [0.25, 0.3) is 6.43 Å². The van der Waals surface area contributed by atoms with Gasteiger partial charge in [0.1, 0.15) is 16.7 Å². The van der Waals surface area contributed by atoms with E-state index < -0.39 is 34.7 Å². The SMILES string of the molecule is CC(=O)Oc1nc(-c2ccc(Cl)c(C(F)F)c2F)nc(N)c1Cl. The lowest BCUT2D eigenvalue weighted by atomic mass is 10.1. The molecule has 1 aromatic carbocycles. The van der Waals surface area contributed by atoms with Gasteiger partial charge in [0, 0.05) is 6.92 Å². The molecule has 0 saturated heterocycles.